The van der Waals surface area contributed by atoms with Crippen molar-refractivity contribution >= 4 is 0 Å². The number of rotatable bonds is 4. The molecule has 80 valence electrons. The maximum Gasteiger partial charge on any atom is 0.0624 e. The molecule has 0 aromatic carbocycles. The van der Waals surface area contributed by atoms with Gasteiger partial charge >= 0.3 is 0 Å². The summed E-state index contributed by atoms with van der Waals surface area (Å²) in [5.74, 6) is 0.917. The lowest BCUT2D eigenvalue weighted by atomic mass is 9.92. The number of hydrogen-bond donors (Lipinski definition) is 0. The van der Waals surface area contributed by atoms with Crippen molar-refractivity contribution in [1.82, 2.24) is 0 Å². The quantitative estimate of drug-likeness (QED) is 0.674. The normalized spacial score (nSPS) is 19.7. The van der Waals surface area contributed by atoms with Crippen LogP contribution in [0.3, 0.4) is 0 Å². The van der Waals surface area contributed by atoms with Crippen molar-refractivity contribution in [2.24, 2.45) is 11.8 Å². The minimum atomic E-state index is 0.444. The summed E-state index contributed by atoms with van der Waals surface area (Å²) >= 11 is 0. The van der Waals surface area contributed by atoms with Gasteiger partial charge in [0.15, 0.2) is 0 Å². The first kappa shape index (κ1) is 11.8. The van der Waals surface area contributed by atoms with E-state index in [0.29, 0.717) is 18.3 Å². The molecule has 0 aromatic heterocycles. The fraction of sp³-hybridized carbons (Fsp3) is 0.500. The topological polar surface area (TPSA) is 23.8 Å². The zero-order chi connectivity index (χ0) is 11.1. The van der Waals surface area contributed by atoms with E-state index in [4.69, 9.17) is 5.26 Å². The van der Waals surface area contributed by atoms with Gasteiger partial charge in [0, 0.05) is 6.42 Å². The van der Waals surface area contributed by atoms with E-state index in [1.54, 1.807) is 0 Å². The van der Waals surface area contributed by atoms with E-state index in [1.807, 2.05) is 0 Å². The molecule has 15 heavy (non-hydrogen) atoms. The van der Waals surface area contributed by atoms with Crippen molar-refractivity contribution in [3.63, 3.8) is 0 Å². The van der Waals surface area contributed by atoms with Crippen LogP contribution in [0.5, 0.6) is 0 Å². The summed E-state index contributed by atoms with van der Waals surface area (Å²) in [5, 5.41) is 8.61. The van der Waals surface area contributed by atoms with Gasteiger partial charge in [0.1, 0.15) is 0 Å². The summed E-state index contributed by atoms with van der Waals surface area (Å²) in [4.78, 5) is 0. The molecule has 0 saturated carbocycles. The summed E-state index contributed by atoms with van der Waals surface area (Å²) in [5.41, 5.74) is 1.30. The van der Waals surface area contributed by atoms with E-state index in [1.165, 1.54) is 5.57 Å². The Labute approximate surface area is 92.8 Å². The first-order valence-electron chi connectivity index (χ1n) is 5.66. The first-order chi connectivity index (χ1) is 7.24. The molecule has 1 rings (SSSR count). The van der Waals surface area contributed by atoms with E-state index in [0.717, 1.165) is 12.8 Å². The molecular weight excluding hydrogens is 182 g/mol. The van der Waals surface area contributed by atoms with Gasteiger partial charge in [0.25, 0.3) is 0 Å². The smallest absolute Gasteiger partial charge is 0.0624 e. The highest BCUT2D eigenvalue weighted by molar-refractivity contribution is 5.32. The Bertz CT molecular complexity index is 315. The van der Waals surface area contributed by atoms with Gasteiger partial charge in [0.2, 0.25) is 0 Å². The third-order valence-electron chi connectivity index (χ3n) is 2.93. The molecule has 2 atom stereocenters. The molecule has 1 aliphatic carbocycles. The molecular formula is C14H19N. The van der Waals surface area contributed by atoms with Crippen LogP contribution in [0.2, 0.25) is 0 Å². The molecule has 1 heteroatoms. The Hall–Kier alpha value is -1.29. The highest BCUT2D eigenvalue weighted by Gasteiger charge is 2.08. The fourth-order valence-corrected chi connectivity index (χ4v) is 1.54. The van der Waals surface area contributed by atoms with Gasteiger partial charge in [-0.2, -0.15) is 5.26 Å². The Balaban J connectivity index is 2.46. The largest absolute Gasteiger partial charge is 0.198 e. The summed E-state index contributed by atoms with van der Waals surface area (Å²) < 4.78 is 0. The van der Waals surface area contributed by atoms with E-state index >= 15 is 0 Å². The standard InChI is InChI=1S/C14H19N/c1-12(13(2)10-11-15)8-9-14-6-4-3-5-7-14/h4,6-9,12-13H,3,5,10H2,1-2H3/b9-8+/t12?,13-/m0/s1. The molecule has 0 saturated heterocycles. The monoisotopic (exact) mass is 201 g/mol. The van der Waals surface area contributed by atoms with E-state index < -0.39 is 0 Å². The molecule has 0 fully saturated rings. The van der Waals surface area contributed by atoms with Crippen LogP contribution in [0.25, 0.3) is 0 Å². The molecule has 0 N–H and O–H groups in total. The lowest BCUT2D eigenvalue weighted by molar-refractivity contribution is 0.470. The van der Waals surface area contributed by atoms with Crippen molar-refractivity contribution in [1.29, 1.82) is 5.26 Å². The minimum absolute atomic E-state index is 0.444. The number of allylic oxidation sites excluding steroid dienone is 6. The predicted octanol–water partition coefficient (Wildman–Crippen LogP) is 4.00. The lowest BCUT2D eigenvalue weighted by Gasteiger charge is -2.12. The highest BCUT2D eigenvalue weighted by Crippen LogP contribution is 2.18. The van der Waals surface area contributed by atoms with Gasteiger partial charge in [-0.05, 0) is 30.3 Å². The molecule has 0 heterocycles. The lowest BCUT2D eigenvalue weighted by Crippen LogP contribution is -2.03. The van der Waals surface area contributed by atoms with Crippen molar-refractivity contribution in [3.05, 3.63) is 36.0 Å². The van der Waals surface area contributed by atoms with Crippen LogP contribution >= 0.6 is 0 Å². The van der Waals surface area contributed by atoms with E-state index in [-0.39, 0.29) is 0 Å². The van der Waals surface area contributed by atoms with E-state index in [9.17, 15) is 0 Å². The van der Waals surface area contributed by atoms with Crippen LogP contribution in [0.15, 0.2) is 36.0 Å². The van der Waals surface area contributed by atoms with Crippen LogP contribution in [-0.4, -0.2) is 0 Å². The summed E-state index contributed by atoms with van der Waals surface area (Å²) in [7, 11) is 0. The van der Waals surface area contributed by atoms with Gasteiger partial charge in [-0.25, -0.2) is 0 Å². The Kier molecular flexibility index (Phi) is 4.90. The van der Waals surface area contributed by atoms with Gasteiger partial charge < -0.3 is 0 Å². The summed E-state index contributed by atoms with van der Waals surface area (Å²) in [6, 6.07) is 2.22. The van der Waals surface area contributed by atoms with Crippen molar-refractivity contribution in [2.45, 2.75) is 33.1 Å². The number of nitriles is 1. The predicted molar refractivity (Wildman–Crippen MR) is 64.2 cm³/mol. The average molecular weight is 201 g/mol. The maximum atomic E-state index is 8.61. The zero-order valence-corrected chi connectivity index (χ0v) is 9.61. The van der Waals surface area contributed by atoms with Crippen LogP contribution in [0, 0.1) is 23.2 Å². The summed E-state index contributed by atoms with van der Waals surface area (Å²) in [6.45, 7) is 4.30. The molecule has 0 bridgehead atoms. The third-order valence-corrected chi connectivity index (χ3v) is 2.93. The van der Waals surface area contributed by atoms with Crippen molar-refractivity contribution in [2.75, 3.05) is 0 Å². The second-order valence-corrected chi connectivity index (χ2v) is 4.24. The van der Waals surface area contributed by atoms with E-state index in [2.05, 4.69) is 50.3 Å². The molecule has 0 aromatic rings. The van der Waals surface area contributed by atoms with Crippen LogP contribution < -0.4 is 0 Å². The molecule has 1 aliphatic rings. The van der Waals surface area contributed by atoms with Crippen LogP contribution in [0.4, 0.5) is 0 Å². The Morgan fingerprint density at radius 3 is 2.87 bits per heavy atom. The highest BCUT2D eigenvalue weighted by atomic mass is 14.2. The minimum Gasteiger partial charge on any atom is -0.198 e. The molecule has 0 amide bonds. The third kappa shape index (κ3) is 4.16. The average Bonchev–Trinajstić information content (AvgIpc) is 2.27. The molecule has 1 nitrogen and oxygen atoms in total. The van der Waals surface area contributed by atoms with Gasteiger partial charge in [-0.3, -0.25) is 0 Å². The van der Waals surface area contributed by atoms with Gasteiger partial charge in [-0.1, -0.05) is 44.2 Å². The first-order valence-corrected chi connectivity index (χ1v) is 5.66. The molecule has 1 unspecified atom stereocenters. The summed E-state index contributed by atoms with van der Waals surface area (Å²) in [6.07, 6.45) is 14.0. The molecule has 0 spiro atoms. The second kappa shape index (κ2) is 6.24. The number of hydrogen-bond acceptors (Lipinski definition) is 1. The van der Waals surface area contributed by atoms with Crippen molar-refractivity contribution < 1.29 is 0 Å². The van der Waals surface area contributed by atoms with Gasteiger partial charge in [-0.15, -0.1) is 0 Å². The van der Waals surface area contributed by atoms with Gasteiger partial charge in [0.05, 0.1) is 6.07 Å². The zero-order valence-electron chi connectivity index (χ0n) is 9.61. The fourth-order valence-electron chi connectivity index (χ4n) is 1.54. The number of nitrogens with zero attached hydrogens (tertiary/aromatic N) is 1. The van der Waals surface area contributed by atoms with Crippen LogP contribution in [-0.2, 0) is 0 Å². The Morgan fingerprint density at radius 1 is 1.47 bits per heavy atom. The Morgan fingerprint density at radius 2 is 2.27 bits per heavy atom. The van der Waals surface area contributed by atoms with Crippen LogP contribution in [0.1, 0.15) is 33.1 Å². The second-order valence-electron chi connectivity index (χ2n) is 4.24. The van der Waals surface area contributed by atoms with Crippen molar-refractivity contribution in [3.8, 4) is 6.07 Å². The maximum absolute atomic E-state index is 8.61. The molecule has 0 radical (unpaired) electrons. The molecule has 0 aliphatic heterocycles. The SMILES string of the molecule is CC(/C=C/C1=CCCC=C1)[C@@H](C)CC#N.